The number of hydrogen-bond acceptors (Lipinski definition) is 6. The molecule has 0 spiro atoms. The highest BCUT2D eigenvalue weighted by atomic mass is 16.5. The maximum atomic E-state index is 12.3. The molecule has 8 heteroatoms. The summed E-state index contributed by atoms with van der Waals surface area (Å²) in [6, 6.07) is 9.16. The van der Waals surface area contributed by atoms with Crippen molar-refractivity contribution in [1.82, 2.24) is 0 Å². The molecule has 0 radical (unpaired) electrons. The van der Waals surface area contributed by atoms with E-state index in [4.69, 9.17) is 18.9 Å². The van der Waals surface area contributed by atoms with Crippen LogP contribution in [0.1, 0.15) is 10.4 Å². The van der Waals surface area contributed by atoms with E-state index >= 15 is 0 Å². The molecule has 2 rings (SSSR count). The lowest BCUT2D eigenvalue weighted by atomic mass is 10.2. The summed E-state index contributed by atoms with van der Waals surface area (Å²) in [7, 11) is 5.72. The quantitative estimate of drug-likeness (QED) is 0.769. The zero-order chi connectivity index (χ0) is 19.1. The van der Waals surface area contributed by atoms with E-state index in [9.17, 15) is 9.59 Å². The van der Waals surface area contributed by atoms with Crippen LogP contribution < -0.4 is 24.8 Å². The first-order valence-electron chi connectivity index (χ1n) is 7.59. The SMILES string of the molecule is COC(=O)c1ccccc1NC(=O)Nc1cc(OC)c(OC)c(OC)c1. The van der Waals surface area contributed by atoms with E-state index in [1.54, 1.807) is 36.4 Å². The van der Waals surface area contributed by atoms with Crippen LogP contribution in [-0.4, -0.2) is 40.4 Å². The van der Waals surface area contributed by atoms with E-state index in [1.165, 1.54) is 28.4 Å². The monoisotopic (exact) mass is 360 g/mol. The lowest BCUT2D eigenvalue weighted by Gasteiger charge is -2.15. The number of urea groups is 1. The highest BCUT2D eigenvalue weighted by Crippen LogP contribution is 2.39. The third-order valence-corrected chi connectivity index (χ3v) is 3.50. The summed E-state index contributed by atoms with van der Waals surface area (Å²) >= 11 is 0. The minimum atomic E-state index is -0.548. The molecule has 0 saturated carbocycles. The van der Waals surface area contributed by atoms with Crippen LogP contribution in [0.15, 0.2) is 36.4 Å². The number of rotatable bonds is 6. The molecular weight excluding hydrogens is 340 g/mol. The maximum absolute atomic E-state index is 12.3. The molecule has 0 aliphatic carbocycles. The number of anilines is 2. The van der Waals surface area contributed by atoms with Gasteiger partial charge in [-0.2, -0.15) is 0 Å². The highest BCUT2D eigenvalue weighted by molar-refractivity contribution is 6.05. The summed E-state index contributed by atoms with van der Waals surface area (Å²) < 4.78 is 20.4. The van der Waals surface area contributed by atoms with Gasteiger partial charge in [0.15, 0.2) is 11.5 Å². The second-order valence-electron chi connectivity index (χ2n) is 5.03. The summed E-state index contributed by atoms with van der Waals surface area (Å²) in [5.41, 5.74) is 0.992. The number of ether oxygens (including phenoxy) is 4. The molecule has 2 amide bonds. The molecular formula is C18H20N2O6. The van der Waals surface area contributed by atoms with Crippen molar-refractivity contribution in [1.29, 1.82) is 0 Å². The molecule has 0 heterocycles. The van der Waals surface area contributed by atoms with E-state index in [0.717, 1.165) is 0 Å². The number of carbonyl (C=O) groups is 2. The number of hydrogen-bond donors (Lipinski definition) is 2. The van der Waals surface area contributed by atoms with Gasteiger partial charge < -0.3 is 29.6 Å². The van der Waals surface area contributed by atoms with Gasteiger partial charge in [-0.25, -0.2) is 9.59 Å². The Balaban J connectivity index is 2.22. The average Bonchev–Trinajstić information content (AvgIpc) is 2.66. The molecule has 0 saturated heterocycles. The Bertz CT molecular complexity index is 781. The fourth-order valence-corrected chi connectivity index (χ4v) is 2.32. The van der Waals surface area contributed by atoms with Crippen LogP contribution in [0.2, 0.25) is 0 Å². The third kappa shape index (κ3) is 4.15. The Morgan fingerprint density at radius 1 is 0.846 bits per heavy atom. The maximum Gasteiger partial charge on any atom is 0.339 e. The smallest absolute Gasteiger partial charge is 0.339 e. The number of methoxy groups -OCH3 is 4. The van der Waals surface area contributed by atoms with E-state index in [0.29, 0.717) is 28.6 Å². The molecule has 2 aromatic rings. The van der Waals surface area contributed by atoms with Crippen molar-refractivity contribution in [3.05, 3.63) is 42.0 Å². The zero-order valence-electron chi connectivity index (χ0n) is 14.9. The van der Waals surface area contributed by atoms with E-state index < -0.39 is 12.0 Å². The second-order valence-corrected chi connectivity index (χ2v) is 5.03. The fourth-order valence-electron chi connectivity index (χ4n) is 2.32. The molecule has 0 fully saturated rings. The highest BCUT2D eigenvalue weighted by Gasteiger charge is 2.16. The molecule has 2 N–H and O–H groups in total. The van der Waals surface area contributed by atoms with Gasteiger partial charge in [-0.3, -0.25) is 0 Å². The predicted molar refractivity (Wildman–Crippen MR) is 96.5 cm³/mol. The average molecular weight is 360 g/mol. The number of esters is 1. The van der Waals surface area contributed by atoms with Crippen LogP contribution in [-0.2, 0) is 4.74 Å². The summed E-state index contributed by atoms with van der Waals surface area (Å²) in [6.07, 6.45) is 0. The van der Waals surface area contributed by atoms with Crippen LogP contribution in [0, 0.1) is 0 Å². The Morgan fingerprint density at radius 3 is 2.00 bits per heavy atom. The number of carbonyl (C=O) groups excluding carboxylic acids is 2. The largest absolute Gasteiger partial charge is 0.493 e. The summed E-state index contributed by atoms with van der Waals surface area (Å²) in [6.45, 7) is 0. The van der Waals surface area contributed by atoms with Crippen molar-refractivity contribution in [2.45, 2.75) is 0 Å². The molecule has 2 aromatic carbocycles. The number of amides is 2. The molecule has 0 unspecified atom stereocenters. The van der Waals surface area contributed by atoms with Crippen molar-refractivity contribution >= 4 is 23.4 Å². The standard InChI is InChI=1S/C18H20N2O6/c1-23-14-9-11(10-15(24-2)16(14)25-3)19-18(22)20-13-8-6-5-7-12(13)17(21)26-4/h5-10H,1-4H3,(H2,19,20,22). The second kappa shape index (κ2) is 8.61. The minimum absolute atomic E-state index is 0.245. The minimum Gasteiger partial charge on any atom is -0.493 e. The third-order valence-electron chi connectivity index (χ3n) is 3.50. The lowest BCUT2D eigenvalue weighted by molar-refractivity contribution is 0.0602. The van der Waals surface area contributed by atoms with Crippen molar-refractivity contribution in [2.24, 2.45) is 0 Å². The first kappa shape index (κ1) is 18.9. The Labute approximate surface area is 151 Å². The van der Waals surface area contributed by atoms with Crippen LogP contribution in [0.4, 0.5) is 16.2 Å². The van der Waals surface area contributed by atoms with Gasteiger partial charge in [0.1, 0.15) is 0 Å². The normalized spacial score (nSPS) is 9.85. The van der Waals surface area contributed by atoms with Crippen molar-refractivity contribution in [3.63, 3.8) is 0 Å². The molecule has 8 nitrogen and oxygen atoms in total. The Kier molecular flexibility index (Phi) is 6.26. The number of nitrogens with one attached hydrogen (secondary N) is 2. The number of benzene rings is 2. The van der Waals surface area contributed by atoms with Crippen LogP contribution in [0.5, 0.6) is 17.2 Å². The van der Waals surface area contributed by atoms with Gasteiger partial charge in [0.25, 0.3) is 0 Å². The Hall–Kier alpha value is -3.42. The first-order valence-corrected chi connectivity index (χ1v) is 7.59. The van der Waals surface area contributed by atoms with Gasteiger partial charge in [-0.05, 0) is 12.1 Å². The van der Waals surface area contributed by atoms with Crippen molar-refractivity contribution in [2.75, 3.05) is 39.1 Å². The van der Waals surface area contributed by atoms with E-state index in [1.807, 2.05) is 0 Å². The van der Waals surface area contributed by atoms with E-state index in [-0.39, 0.29) is 5.56 Å². The molecule has 0 atom stereocenters. The van der Waals surface area contributed by atoms with Gasteiger partial charge in [-0.1, -0.05) is 12.1 Å². The zero-order valence-corrected chi connectivity index (χ0v) is 14.9. The number of para-hydroxylation sites is 1. The summed E-state index contributed by atoms with van der Waals surface area (Å²) in [5, 5.41) is 5.27. The molecule has 0 bridgehead atoms. The van der Waals surface area contributed by atoms with Crippen molar-refractivity contribution in [3.8, 4) is 17.2 Å². The van der Waals surface area contributed by atoms with Crippen LogP contribution in [0.25, 0.3) is 0 Å². The summed E-state index contributed by atoms with van der Waals surface area (Å²) in [4.78, 5) is 24.1. The van der Waals surface area contributed by atoms with Crippen molar-refractivity contribution < 1.29 is 28.5 Å². The van der Waals surface area contributed by atoms with Gasteiger partial charge in [0, 0.05) is 12.1 Å². The molecule has 0 aliphatic rings. The van der Waals surface area contributed by atoms with Gasteiger partial charge in [0.2, 0.25) is 5.75 Å². The van der Waals surface area contributed by atoms with Gasteiger partial charge >= 0.3 is 12.0 Å². The Morgan fingerprint density at radius 2 is 1.46 bits per heavy atom. The van der Waals surface area contributed by atoms with Crippen LogP contribution in [0.3, 0.4) is 0 Å². The molecule has 138 valence electrons. The molecule has 0 aliphatic heterocycles. The topological polar surface area (TPSA) is 95.1 Å². The van der Waals surface area contributed by atoms with Crippen LogP contribution >= 0.6 is 0 Å². The van der Waals surface area contributed by atoms with Gasteiger partial charge in [-0.15, -0.1) is 0 Å². The fraction of sp³-hybridized carbons (Fsp3) is 0.222. The molecule has 0 aromatic heterocycles. The predicted octanol–water partition coefficient (Wildman–Crippen LogP) is 3.14. The summed E-state index contributed by atoms with van der Waals surface area (Å²) in [5.74, 6) is 0.667. The van der Waals surface area contributed by atoms with E-state index in [2.05, 4.69) is 10.6 Å². The molecule has 26 heavy (non-hydrogen) atoms. The first-order chi connectivity index (χ1) is 12.5. The lowest BCUT2D eigenvalue weighted by Crippen LogP contribution is -2.21. The van der Waals surface area contributed by atoms with Gasteiger partial charge in [0.05, 0.1) is 45.4 Å².